The van der Waals surface area contributed by atoms with Gasteiger partial charge in [-0.25, -0.2) is 0 Å². The highest BCUT2D eigenvalue weighted by Gasteiger charge is 2.22. The topological polar surface area (TPSA) is 72.2 Å². The second-order valence-corrected chi connectivity index (χ2v) is 5.35. The molecule has 0 atom stereocenters. The van der Waals surface area contributed by atoms with Gasteiger partial charge in [-0.3, -0.25) is 9.59 Å². The molecule has 3 N–H and O–H groups in total. The van der Waals surface area contributed by atoms with Crippen LogP contribution in [-0.4, -0.2) is 17.4 Å². The van der Waals surface area contributed by atoms with Gasteiger partial charge < -0.3 is 11.1 Å². The van der Waals surface area contributed by atoms with Crippen molar-refractivity contribution in [2.24, 2.45) is 5.73 Å². The average Bonchev–Trinajstić information content (AvgIpc) is 2.36. The Kier molecular flexibility index (Phi) is 5.10. The third-order valence-corrected chi connectivity index (χ3v) is 3.04. The Hall–Kier alpha value is -1.84. The molecule has 104 valence electrons. The minimum Gasteiger partial charge on any atom is -0.366 e. The zero-order chi connectivity index (χ0) is 14.5. The van der Waals surface area contributed by atoms with Crippen molar-refractivity contribution >= 4 is 11.8 Å². The Morgan fingerprint density at radius 1 is 1.21 bits per heavy atom. The molecule has 2 amide bonds. The SMILES string of the molecule is CCCCC(C)(C)NC(=O)c1ccccc1C(N)=O. The number of nitrogens with two attached hydrogens (primary N) is 1. The fraction of sp³-hybridized carbons (Fsp3) is 0.467. The van der Waals surface area contributed by atoms with Crippen molar-refractivity contribution in [3.05, 3.63) is 35.4 Å². The first-order valence-electron chi connectivity index (χ1n) is 6.58. The molecule has 1 aromatic carbocycles. The summed E-state index contributed by atoms with van der Waals surface area (Å²) in [6.07, 6.45) is 3.02. The van der Waals surface area contributed by atoms with Gasteiger partial charge in [-0.15, -0.1) is 0 Å². The van der Waals surface area contributed by atoms with Crippen LogP contribution < -0.4 is 11.1 Å². The van der Waals surface area contributed by atoms with Crippen LogP contribution in [0.3, 0.4) is 0 Å². The monoisotopic (exact) mass is 262 g/mol. The number of hydrogen-bond acceptors (Lipinski definition) is 2. The number of unbranched alkanes of at least 4 members (excludes halogenated alkanes) is 1. The van der Waals surface area contributed by atoms with E-state index in [1.54, 1.807) is 24.3 Å². The number of primary amides is 1. The lowest BCUT2D eigenvalue weighted by atomic mass is 9.96. The van der Waals surface area contributed by atoms with Gasteiger partial charge in [0, 0.05) is 5.54 Å². The molecule has 0 unspecified atom stereocenters. The molecule has 0 bridgehead atoms. The second-order valence-electron chi connectivity index (χ2n) is 5.35. The van der Waals surface area contributed by atoms with E-state index < -0.39 is 5.91 Å². The van der Waals surface area contributed by atoms with Gasteiger partial charge in [0.1, 0.15) is 0 Å². The number of rotatable bonds is 6. The van der Waals surface area contributed by atoms with Gasteiger partial charge in [0.15, 0.2) is 0 Å². The molecule has 4 nitrogen and oxygen atoms in total. The highest BCUT2D eigenvalue weighted by atomic mass is 16.2. The van der Waals surface area contributed by atoms with Crippen molar-refractivity contribution in [2.45, 2.75) is 45.6 Å². The summed E-state index contributed by atoms with van der Waals surface area (Å²) in [6.45, 7) is 6.07. The molecule has 0 spiro atoms. The van der Waals surface area contributed by atoms with Crippen LogP contribution >= 0.6 is 0 Å². The molecule has 0 saturated heterocycles. The molecule has 0 saturated carbocycles. The van der Waals surface area contributed by atoms with Crippen LogP contribution in [0.4, 0.5) is 0 Å². The zero-order valence-corrected chi connectivity index (χ0v) is 11.8. The second kappa shape index (κ2) is 6.36. The Morgan fingerprint density at radius 3 is 2.32 bits per heavy atom. The third-order valence-electron chi connectivity index (χ3n) is 3.04. The van der Waals surface area contributed by atoms with Gasteiger partial charge in [0.05, 0.1) is 11.1 Å². The molecule has 19 heavy (non-hydrogen) atoms. The smallest absolute Gasteiger partial charge is 0.252 e. The van der Waals surface area contributed by atoms with Crippen LogP contribution in [0.25, 0.3) is 0 Å². The predicted octanol–water partition coefficient (Wildman–Crippen LogP) is 2.48. The van der Waals surface area contributed by atoms with Crippen LogP contribution in [0.5, 0.6) is 0 Å². The Labute approximate surface area is 114 Å². The number of benzene rings is 1. The normalized spacial score (nSPS) is 11.1. The first-order valence-corrected chi connectivity index (χ1v) is 6.58. The molecule has 0 aromatic heterocycles. The van der Waals surface area contributed by atoms with Crippen LogP contribution in [0.15, 0.2) is 24.3 Å². The largest absolute Gasteiger partial charge is 0.366 e. The maximum atomic E-state index is 12.2. The number of carbonyl (C=O) groups excluding carboxylic acids is 2. The van der Waals surface area contributed by atoms with E-state index in [0.717, 1.165) is 19.3 Å². The molecule has 0 fully saturated rings. The van der Waals surface area contributed by atoms with Crippen molar-refractivity contribution < 1.29 is 9.59 Å². The summed E-state index contributed by atoms with van der Waals surface area (Å²) in [5.74, 6) is -0.840. The predicted molar refractivity (Wildman–Crippen MR) is 76.0 cm³/mol. The van der Waals surface area contributed by atoms with E-state index in [4.69, 9.17) is 5.73 Å². The first-order chi connectivity index (χ1) is 8.87. The minimum absolute atomic E-state index is 0.254. The van der Waals surface area contributed by atoms with Crippen LogP contribution in [0, 0.1) is 0 Å². The number of nitrogens with one attached hydrogen (secondary N) is 1. The Bertz CT molecular complexity index is 467. The van der Waals surface area contributed by atoms with Crippen LogP contribution in [0.2, 0.25) is 0 Å². The van der Waals surface area contributed by atoms with Crippen molar-refractivity contribution in [3.63, 3.8) is 0 Å². The highest BCUT2D eigenvalue weighted by Crippen LogP contribution is 2.15. The van der Waals surface area contributed by atoms with E-state index in [1.165, 1.54) is 0 Å². The maximum absolute atomic E-state index is 12.2. The van der Waals surface area contributed by atoms with Crippen LogP contribution in [0.1, 0.15) is 60.7 Å². The van der Waals surface area contributed by atoms with Gasteiger partial charge in [0.2, 0.25) is 5.91 Å². The molecular formula is C15H22N2O2. The van der Waals surface area contributed by atoms with E-state index >= 15 is 0 Å². The van der Waals surface area contributed by atoms with Crippen molar-refractivity contribution in [2.75, 3.05) is 0 Å². The summed E-state index contributed by atoms with van der Waals surface area (Å²) in [6, 6.07) is 6.60. The van der Waals surface area contributed by atoms with Crippen molar-refractivity contribution in [1.29, 1.82) is 0 Å². The van der Waals surface area contributed by atoms with E-state index in [2.05, 4.69) is 12.2 Å². The Balaban J connectivity index is 2.87. The van der Waals surface area contributed by atoms with Gasteiger partial charge >= 0.3 is 0 Å². The number of hydrogen-bond donors (Lipinski definition) is 2. The molecule has 0 aliphatic rings. The summed E-state index contributed by atoms with van der Waals surface area (Å²) in [5.41, 5.74) is 5.57. The summed E-state index contributed by atoms with van der Waals surface area (Å²) >= 11 is 0. The molecule has 0 aliphatic heterocycles. The standard InChI is InChI=1S/C15H22N2O2/c1-4-5-10-15(2,3)17-14(19)12-9-7-6-8-11(12)13(16)18/h6-9H,4-5,10H2,1-3H3,(H2,16,18)(H,17,19). The molecule has 0 heterocycles. The minimum atomic E-state index is -0.586. The van der Waals surface area contributed by atoms with E-state index in [1.807, 2.05) is 13.8 Å². The van der Waals surface area contributed by atoms with Gasteiger partial charge in [0.25, 0.3) is 5.91 Å². The van der Waals surface area contributed by atoms with Crippen molar-refractivity contribution in [3.8, 4) is 0 Å². The lowest BCUT2D eigenvalue weighted by molar-refractivity contribution is 0.0896. The molecule has 1 rings (SSSR count). The number of carbonyl (C=O) groups is 2. The third kappa shape index (κ3) is 4.39. The molecule has 4 heteroatoms. The fourth-order valence-electron chi connectivity index (χ4n) is 1.95. The summed E-state index contributed by atoms with van der Waals surface area (Å²) in [5, 5.41) is 2.96. The first kappa shape index (κ1) is 15.2. The van der Waals surface area contributed by atoms with Crippen LogP contribution in [-0.2, 0) is 0 Å². The summed E-state index contributed by atoms with van der Waals surface area (Å²) in [7, 11) is 0. The molecule has 1 aromatic rings. The zero-order valence-electron chi connectivity index (χ0n) is 11.8. The van der Waals surface area contributed by atoms with E-state index in [-0.39, 0.29) is 17.0 Å². The fourth-order valence-corrected chi connectivity index (χ4v) is 1.95. The number of amides is 2. The quantitative estimate of drug-likeness (QED) is 0.826. The lowest BCUT2D eigenvalue weighted by Crippen LogP contribution is -2.43. The summed E-state index contributed by atoms with van der Waals surface area (Å²) < 4.78 is 0. The van der Waals surface area contributed by atoms with E-state index in [0.29, 0.717) is 5.56 Å². The van der Waals surface area contributed by atoms with Gasteiger partial charge in [-0.05, 0) is 32.4 Å². The molecule has 0 radical (unpaired) electrons. The van der Waals surface area contributed by atoms with Crippen molar-refractivity contribution in [1.82, 2.24) is 5.32 Å². The maximum Gasteiger partial charge on any atom is 0.252 e. The lowest BCUT2D eigenvalue weighted by Gasteiger charge is -2.26. The van der Waals surface area contributed by atoms with Gasteiger partial charge in [-0.2, -0.15) is 0 Å². The summed E-state index contributed by atoms with van der Waals surface area (Å²) in [4.78, 5) is 23.5. The molecular weight excluding hydrogens is 240 g/mol. The average molecular weight is 262 g/mol. The van der Waals surface area contributed by atoms with Gasteiger partial charge in [-0.1, -0.05) is 31.9 Å². The Morgan fingerprint density at radius 2 is 1.79 bits per heavy atom. The van der Waals surface area contributed by atoms with E-state index in [9.17, 15) is 9.59 Å². The highest BCUT2D eigenvalue weighted by molar-refractivity contribution is 6.06. The molecule has 0 aliphatic carbocycles.